The van der Waals surface area contributed by atoms with Gasteiger partial charge in [-0.05, 0) is 0 Å². The Hall–Kier alpha value is -1.43. The monoisotopic (exact) mass is 225 g/mol. The van der Waals surface area contributed by atoms with Gasteiger partial charge in [0.15, 0.2) is 5.82 Å². The molecule has 6 heteroatoms. The van der Waals surface area contributed by atoms with Crippen LogP contribution in [-0.2, 0) is 6.54 Å². The summed E-state index contributed by atoms with van der Waals surface area (Å²) in [5.74, 6) is 1.38. The molecule has 0 aromatic carbocycles. The van der Waals surface area contributed by atoms with Crippen LogP contribution in [0.4, 0.5) is 0 Å². The molecule has 0 bridgehead atoms. The Balaban J connectivity index is 2.18. The zero-order valence-electron chi connectivity index (χ0n) is 8.51. The summed E-state index contributed by atoms with van der Waals surface area (Å²) in [4.78, 5) is 15.4. The van der Waals surface area contributed by atoms with Gasteiger partial charge in [-0.25, -0.2) is 0 Å². The molecular weight excluding hydrogens is 214 g/mol. The van der Waals surface area contributed by atoms with E-state index in [0.29, 0.717) is 18.3 Å². The standard InChI is InChI=1S/C9H11N3O2S/c1-6(2)8-10-7(14-11-8)5-12-3-4-15-9(12)13/h3-4,6H,5H2,1-2H3. The van der Waals surface area contributed by atoms with Gasteiger partial charge >= 0.3 is 4.87 Å². The summed E-state index contributed by atoms with van der Waals surface area (Å²) in [7, 11) is 0. The van der Waals surface area contributed by atoms with Crippen molar-refractivity contribution >= 4 is 11.3 Å². The van der Waals surface area contributed by atoms with Crippen molar-refractivity contribution in [3.63, 3.8) is 0 Å². The van der Waals surface area contributed by atoms with E-state index in [2.05, 4.69) is 10.1 Å². The van der Waals surface area contributed by atoms with Gasteiger partial charge in [0.1, 0.15) is 6.54 Å². The van der Waals surface area contributed by atoms with Gasteiger partial charge < -0.3 is 4.52 Å². The minimum absolute atomic E-state index is 0.0145. The Morgan fingerprint density at radius 1 is 1.60 bits per heavy atom. The van der Waals surface area contributed by atoms with E-state index in [4.69, 9.17) is 4.52 Å². The average Bonchev–Trinajstić information content (AvgIpc) is 2.77. The van der Waals surface area contributed by atoms with Gasteiger partial charge in [0.25, 0.3) is 0 Å². The predicted octanol–water partition coefficient (Wildman–Crippen LogP) is 1.46. The summed E-state index contributed by atoms with van der Waals surface area (Å²) < 4.78 is 6.58. The summed E-state index contributed by atoms with van der Waals surface area (Å²) in [6, 6.07) is 0. The van der Waals surface area contributed by atoms with Crippen molar-refractivity contribution in [2.24, 2.45) is 0 Å². The lowest BCUT2D eigenvalue weighted by atomic mass is 10.2. The smallest absolute Gasteiger partial charge is 0.307 e. The molecule has 0 unspecified atom stereocenters. The third-order valence-electron chi connectivity index (χ3n) is 1.95. The molecule has 2 rings (SSSR count). The van der Waals surface area contributed by atoms with Crippen molar-refractivity contribution in [3.8, 4) is 0 Å². The minimum Gasteiger partial charge on any atom is -0.337 e. The molecule has 0 N–H and O–H groups in total. The molecule has 15 heavy (non-hydrogen) atoms. The molecule has 0 saturated heterocycles. The van der Waals surface area contributed by atoms with E-state index in [-0.39, 0.29) is 10.8 Å². The number of aromatic nitrogens is 3. The number of nitrogens with zero attached hydrogens (tertiary/aromatic N) is 3. The van der Waals surface area contributed by atoms with Gasteiger partial charge in [0.2, 0.25) is 5.89 Å². The molecule has 0 aliphatic heterocycles. The van der Waals surface area contributed by atoms with Gasteiger partial charge in [-0.15, -0.1) is 0 Å². The molecule has 2 aromatic heterocycles. The molecule has 0 radical (unpaired) electrons. The van der Waals surface area contributed by atoms with Crippen molar-refractivity contribution in [1.82, 2.24) is 14.7 Å². The highest BCUT2D eigenvalue weighted by Crippen LogP contribution is 2.10. The van der Waals surface area contributed by atoms with Crippen molar-refractivity contribution < 1.29 is 4.52 Å². The maximum Gasteiger partial charge on any atom is 0.307 e. The maximum absolute atomic E-state index is 11.3. The van der Waals surface area contributed by atoms with Crippen LogP contribution in [0.1, 0.15) is 31.5 Å². The van der Waals surface area contributed by atoms with Crippen molar-refractivity contribution in [2.45, 2.75) is 26.3 Å². The summed E-state index contributed by atoms with van der Waals surface area (Å²) in [6.45, 7) is 4.33. The topological polar surface area (TPSA) is 60.9 Å². The third-order valence-corrected chi connectivity index (χ3v) is 2.64. The molecule has 2 heterocycles. The lowest BCUT2D eigenvalue weighted by molar-refractivity contribution is 0.364. The highest BCUT2D eigenvalue weighted by Gasteiger charge is 2.10. The Bertz CT molecular complexity index is 497. The zero-order chi connectivity index (χ0) is 10.8. The lowest BCUT2D eigenvalue weighted by Crippen LogP contribution is -2.12. The normalized spacial score (nSPS) is 11.1. The second-order valence-electron chi connectivity index (χ2n) is 3.50. The van der Waals surface area contributed by atoms with E-state index in [0.717, 1.165) is 11.3 Å². The van der Waals surface area contributed by atoms with Crippen molar-refractivity contribution in [3.05, 3.63) is 33.0 Å². The van der Waals surface area contributed by atoms with Gasteiger partial charge in [0, 0.05) is 17.5 Å². The highest BCUT2D eigenvalue weighted by atomic mass is 32.1. The van der Waals surface area contributed by atoms with Crippen molar-refractivity contribution in [1.29, 1.82) is 0 Å². The molecule has 0 amide bonds. The van der Waals surface area contributed by atoms with Crippen LogP contribution in [0.3, 0.4) is 0 Å². The van der Waals surface area contributed by atoms with Crippen LogP contribution < -0.4 is 4.87 Å². The molecule has 0 spiro atoms. The largest absolute Gasteiger partial charge is 0.337 e. The van der Waals surface area contributed by atoms with E-state index in [1.165, 1.54) is 0 Å². The Morgan fingerprint density at radius 3 is 2.93 bits per heavy atom. The molecular formula is C9H11N3O2S. The van der Waals surface area contributed by atoms with Crippen LogP contribution in [0.15, 0.2) is 20.9 Å². The van der Waals surface area contributed by atoms with Gasteiger partial charge in [-0.1, -0.05) is 30.3 Å². The average molecular weight is 225 g/mol. The SMILES string of the molecule is CC(C)c1noc(Cn2ccsc2=O)n1. The third kappa shape index (κ3) is 2.15. The first kappa shape index (κ1) is 10.1. The number of rotatable bonds is 3. The van der Waals surface area contributed by atoms with E-state index in [1.54, 1.807) is 16.1 Å². The number of hydrogen-bond acceptors (Lipinski definition) is 5. The van der Waals surface area contributed by atoms with Gasteiger partial charge in [-0.2, -0.15) is 4.98 Å². The lowest BCUT2D eigenvalue weighted by Gasteiger charge is -1.94. The Labute approximate surface area is 90.4 Å². The molecule has 80 valence electrons. The molecule has 5 nitrogen and oxygen atoms in total. The van der Waals surface area contributed by atoms with E-state index in [1.807, 2.05) is 13.8 Å². The van der Waals surface area contributed by atoms with Crippen LogP contribution in [0, 0.1) is 0 Å². The summed E-state index contributed by atoms with van der Waals surface area (Å²) in [6.07, 6.45) is 1.71. The first-order valence-electron chi connectivity index (χ1n) is 4.63. The Kier molecular flexibility index (Phi) is 2.68. The molecule has 2 aromatic rings. The minimum atomic E-state index is -0.0145. The fourth-order valence-corrected chi connectivity index (χ4v) is 1.71. The highest BCUT2D eigenvalue weighted by molar-refractivity contribution is 7.07. The fraction of sp³-hybridized carbons (Fsp3) is 0.444. The maximum atomic E-state index is 11.3. The van der Waals surface area contributed by atoms with Crippen LogP contribution in [0.5, 0.6) is 0 Å². The second kappa shape index (κ2) is 3.98. The van der Waals surface area contributed by atoms with Gasteiger partial charge in [-0.3, -0.25) is 9.36 Å². The quantitative estimate of drug-likeness (QED) is 0.793. The summed E-state index contributed by atoms with van der Waals surface area (Å²) in [5, 5.41) is 5.57. The number of hydrogen-bond donors (Lipinski definition) is 0. The van der Waals surface area contributed by atoms with E-state index >= 15 is 0 Å². The van der Waals surface area contributed by atoms with Gasteiger partial charge in [0.05, 0.1) is 0 Å². The molecule has 0 atom stereocenters. The van der Waals surface area contributed by atoms with Crippen LogP contribution >= 0.6 is 11.3 Å². The fourth-order valence-electron chi connectivity index (χ4n) is 1.12. The first-order chi connectivity index (χ1) is 7.16. The van der Waals surface area contributed by atoms with Crippen LogP contribution in [0.2, 0.25) is 0 Å². The zero-order valence-corrected chi connectivity index (χ0v) is 9.32. The molecule has 0 saturated carbocycles. The van der Waals surface area contributed by atoms with E-state index < -0.39 is 0 Å². The predicted molar refractivity (Wildman–Crippen MR) is 56.1 cm³/mol. The molecule has 0 aliphatic carbocycles. The second-order valence-corrected chi connectivity index (χ2v) is 4.35. The molecule has 0 fully saturated rings. The Morgan fingerprint density at radius 2 is 2.40 bits per heavy atom. The summed E-state index contributed by atoms with van der Waals surface area (Å²) >= 11 is 1.15. The number of thiazole rings is 1. The van der Waals surface area contributed by atoms with Crippen LogP contribution in [-0.4, -0.2) is 14.7 Å². The van der Waals surface area contributed by atoms with Crippen molar-refractivity contribution in [2.75, 3.05) is 0 Å². The summed E-state index contributed by atoms with van der Waals surface area (Å²) in [5.41, 5.74) is 0. The van der Waals surface area contributed by atoms with E-state index in [9.17, 15) is 4.79 Å². The first-order valence-corrected chi connectivity index (χ1v) is 5.51. The molecule has 0 aliphatic rings. The van der Waals surface area contributed by atoms with Crippen LogP contribution in [0.25, 0.3) is 0 Å².